The molecule has 0 bridgehead atoms. The molecule has 0 unspecified atom stereocenters. The molecule has 2 N–H and O–H groups in total. The molecule has 1 aliphatic carbocycles. The van der Waals surface area contributed by atoms with Crippen molar-refractivity contribution in [3.8, 4) is 5.75 Å². The highest BCUT2D eigenvalue weighted by atomic mass is 32.2. The number of halogens is 1. The van der Waals surface area contributed by atoms with Crippen LogP contribution in [-0.4, -0.2) is 49.8 Å². The quantitative estimate of drug-likeness (QED) is 0.370. The summed E-state index contributed by atoms with van der Waals surface area (Å²) in [5.74, 6) is 0.122. The van der Waals surface area contributed by atoms with E-state index in [1.54, 1.807) is 24.0 Å². The summed E-state index contributed by atoms with van der Waals surface area (Å²) in [6, 6.07) is 3.96. The molecule has 0 aromatic heterocycles. The van der Waals surface area contributed by atoms with Gasteiger partial charge in [-0.2, -0.15) is 0 Å². The Morgan fingerprint density at radius 3 is 2.77 bits per heavy atom. The van der Waals surface area contributed by atoms with E-state index in [1.807, 2.05) is 0 Å². The Morgan fingerprint density at radius 1 is 1.33 bits per heavy atom. The van der Waals surface area contributed by atoms with Gasteiger partial charge in [0, 0.05) is 12.6 Å². The van der Waals surface area contributed by atoms with Gasteiger partial charge in [-0.25, -0.2) is 17.5 Å². The second kappa shape index (κ2) is 10.0. The number of nitrogens with one attached hydrogen (secondary N) is 2. The number of benzene rings is 1. The molecule has 1 saturated carbocycles. The molecule has 30 heavy (non-hydrogen) atoms. The fourth-order valence-electron chi connectivity index (χ4n) is 3.22. The topological polar surface area (TPSA) is 87.7 Å². The number of thiocarbonyl (C=S) groups is 1. The van der Waals surface area contributed by atoms with Crippen LogP contribution in [0.2, 0.25) is 0 Å². The summed E-state index contributed by atoms with van der Waals surface area (Å²) in [5.41, 5.74) is 0.658. The molecule has 1 heterocycles. The maximum absolute atomic E-state index is 13.9. The first kappa shape index (κ1) is 22.9. The predicted molar refractivity (Wildman–Crippen MR) is 116 cm³/mol. The highest BCUT2D eigenvalue weighted by Crippen LogP contribution is 2.31. The Morgan fingerprint density at radius 2 is 2.10 bits per heavy atom. The van der Waals surface area contributed by atoms with Crippen molar-refractivity contribution >= 4 is 33.3 Å². The Hall–Kier alpha value is -1.78. The van der Waals surface area contributed by atoms with Crippen LogP contribution >= 0.6 is 12.2 Å². The van der Waals surface area contributed by atoms with Gasteiger partial charge >= 0.3 is 0 Å². The van der Waals surface area contributed by atoms with Crippen molar-refractivity contribution < 1.29 is 22.3 Å². The normalized spacial score (nSPS) is 17.9. The van der Waals surface area contributed by atoms with Gasteiger partial charge in [-0.3, -0.25) is 4.79 Å². The molecule has 1 saturated heterocycles. The zero-order valence-corrected chi connectivity index (χ0v) is 18.7. The summed E-state index contributed by atoms with van der Waals surface area (Å²) < 4.78 is 46.9. The van der Waals surface area contributed by atoms with Crippen molar-refractivity contribution in [3.05, 3.63) is 29.6 Å². The van der Waals surface area contributed by atoms with E-state index >= 15 is 0 Å². The zero-order chi connectivity index (χ0) is 21.7. The highest BCUT2D eigenvalue weighted by molar-refractivity contribution is 7.89. The van der Waals surface area contributed by atoms with Crippen molar-refractivity contribution in [2.24, 2.45) is 5.92 Å². The van der Waals surface area contributed by atoms with Gasteiger partial charge in [0.1, 0.15) is 0 Å². The van der Waals surface area contributed by atoms with E-state index < -0.39 is 21.9 Å². The summed E-state index contributed by atoms with van der Waals surface area (Å²) in [6.07, 6.45) is 4.18. The van der Waals surface area contributed by atoms with Crippen LogP contribution in [0.3, 0.4) is 0 Å². The summed E-state index contributed by atoms with van der Waals surface area (Å²) in [5, 5.41) is 3.01. The molecule has 1 aromatic rings. The third-order valence-corrected chi connectivity index (χ3v) is 7.09. The molecule has 2 aliphatic rings. The summed E-state index contributed by atoms with van der Waals surface area (Å²) in [4.78, 5) is 13.0. The van der Waals surface area contributed by atoms with E-state index in [-0.39, 0.29) is 24.0 Å². The van der Waals surface area contributed by atoms with Gasteiger partial charge in [0.05, 0.1) is 18.9 Å². The number of unbranched alkanes of at least 4 members (excludes halogenated alkanes) is 2. The van der Waals surface area contributed by atoms with Crippen molar-refractivity contribution in [2.45, 2.75) is 45.1 Å². The largest absolute Gasteiger partial charge is 0.490 e. The average Bonchev–Trinajstić information content (AvgIpc) is 3.44. The lowest BCUT2D eigenvalue weighted by molar-refractivity contribution is -0.118. The SMILES string of the molecule is C[C@@H](NS(=O)(=O)CCCCCN1CC(=O)NC1=S)c1ccc(F)c(OCC2CC2)c1. The molecule has 10 heteroatoms. The lowest BCUT2D eigenvalue weighted by Crippen LogP contribution is -2.30. The molecule has 0 radical (unpaired) electrons. The molecule has 3 rings (SSSR count). The third kappa shape index (κ3) is 6.88. The van der Waals surface area contributed by atoms with Crippen molar-refractivity contribution in [3.63, 3.8) is 0 Å². The lowest BCUT2D eigenvalue weighted by Gasteiger charge is -2.17. The van der Waals surface area contributed by atoms with Gasteiger partial charge in [-0.15, -0.1) is 0 Å². The number of sulfonamides is 1. The van der Waals surface area contributed by atoms with Gasteiger partial charge in [0.2, 0.25) is 15.9 Å². The standard InChI is InChI=1S/C20H28FN3O4S2/c1-14(16-7-8-17(21)18(11-16)28-13-15-5-6-15)23-30(26,27)10-4-2-3-9-24-12-19(25)22-20(24)29/h7-8,11,14-15,23H,2-6,9-10,12-13H2,1H3,(H,22,25,29)/t14-/m1/s1. The minimum Gasteiger partial charge on any atom is -0.490 e. The monoisotopic (exact) mass is 457 g/mol. The van der Waals surface area contributed by atoms with Gasteiger partial charge < -0.3 is 15.0 Å². The average molecular weight is 458 g/mol. The first-order valence-electron chi connectivity index (χ1n) is 10.2. The number of amides is 1. The van der Waals surface area contributed by atoms with E-state index in [2.05, 4.69) is 10.0 Å². The van der Waals surface area contributed by atoms with Crippen molar-refractivity contribution in [1.82, 2.24) is 14.9 Å². The Bertz CT molecular complexity index is 890. The van der Waals surface area contributed by atoms with Crippen LogP contribution in [0.25, 0.3) is 0 Å². The van der Waals surface area contributed by atoms with Crippen molar-refractivity contribution in [2.75, 3.05) is 25.4 Å². The number of hydrogen-bond acceptors (Lipinski definition) is 5. The number of carbonyl (C=O) groups excluding carboxylic acids is 1. The molecule has 166 valence electrons. The first-order valence-corrected chi connectivity index (χ1v) is 12.3. The van der Waals surface area contributed by atoms with Gasteiger partial charge in [0.15, 0.2) is 16.7 Å². The van der Waals surface area contributed by atoms with Crippen LogP contribution in [0.1, 0.15) is 50.6 Å². The lowest BCUT2D eigenvalue weighted by atomic mass is 10.1. The van der Waals surface area contributed by atoms with Crippen LogP contribution in [0.15, 0.2) is 18.2 Å². The maximum atomic E-state index is 13.9. The first-order chi connectivity index (χ1) is 14.2. The minimum absolute atomic E-state index is 0.00516. The van der Waals surface area contributed by atoms with Crippen LogP contribution in [0.5, 0.6) is 5.75 Å². The second-order valence-corrected chi connectivity index (χ2v) is 10.2. The number of rotatable bonds is 12. The molecule has 2 fully saturated rings. The van der Waals surface area contributed by atoms with E-state index in [1.165, 1.54) is 6.07 Å². The van der Waals surface area contributed by atoms with Gasteiger partial charge in [-0.1, -0.05) is 12.5 Å². The third-order valence-electron chi connectivity index (χ3n) is 5.19. The van der Waals surface area contributed by atoms with E-state index in [0.29, 0.717) is 42.6 Å². The van der Waals surface area contributed by atoms with Crippen molar-refractivity contribution in [1.29, 1.82) is 0 Å². The fourth-order valence-corrected chi connectivity index (χ4v) is 4.87. The molecule has 7 nitrogen and oxygen atoms in total. The zero-order valence-electron chi connectivity index (χ0n) is 17.0. The second-order valence-electron chi connectivity index (χ2n) is 7.94. The van der Waals surface area contributed by atoms with E-state index in [0.717, 1.165) is 19.3 Å². The van der Waals surface area contributed by atoms with E-state index in [4.69, 9.17) is 17.0 Å². The summed E-state index contributed by atoms with van der Waals surface area (Å²) in [7, 11) is -3.48. The molecular weight excluding hydrogens is 429 g/mol. The predicted octanol–water partition coefficient (Wildman–Crippen LogP) is 2.48. The molecule has 1 aromatic carbocycles. The number of nitrogens with zero attached hydrogens (tertiary/aromatic N) is 1. The molecule has 1 atom stereocenters. The number of hydrogen-bond donors (Lipinski definition) is 2. The molecular formula is C20H28FN3O4S2. The summed E-state index contributed by atoms with van der Waals surface area (Å²) in [6.45, 7) is 3.11. The smallest absolute Gasteiger partial charge is 0.245 e. The number of carbonyl (C=O) groups is 1. The molecule has 1 amide bonds. The van der Waals surface area contributed by atoms with Gasteiger partial charge in [0.25, 0.3) is 0 Å². The Labute approximate surface area is 182 Å². The van der Waals surface area contributed by atoms with Crippen LogP contribution in [-0.2, 0) is 14.8 Å². The highest BCUT2D eigenvalue weighted by Gasteiger charge is 2.24. The Kier molecular flexibility index (Phi) is 7.65. The van der Waals surface area contributed by atoms with Crippen LogP contribution in [0.4, 0.5) is 4.39 Å². The van der Waals surface area contributed by atoms with Gasteiger partial charge in [-0.05, 0) is 68.4 Å². The van der Waals surface area contributed by atoms with Crippen LogP contribution in [0, 0.1) is 11.7 Å². The Balaban J connectivity index is 1.42. The minimum atomic E-state index is -3.48. The summed E-state index contributed by atoms with van der Waals surface area (Å²) >= 11 is 5.05. The van der Waals surface area contributed by atoms with Crippen LogP contribution < -0.4 is 14.8 Å². The fraction of sp³-hybridized carbons (Fsp3) is 0.600. The maximum Gasteiger partial charge on any atom is 0.245 e. The number of ether oxygens (including phenoxy) is 1. The van der Waals surface area contributed by atoms with E-state index in [9.17, 15) is 17.6 Å². The molecule has 0 spiro atoms. The molecule has 1 aliphatic heterocycles.